The van der Waals surface area contributed by atoms with Crippen molar-refractivity contribution in [3.05, 3.63) is 70.8 Å². The third-order valence-electron chi connectivity index (χ3n) is 4.20. The molecular weight excluding hydrogens is 302 g/mol. The summed E-state index contributed by atoms with van der Waals surface area (Å²) in [7, 11) is 0. The van der Waals surface area contributed by atoms with Gasteiger partial charge in [-0.25, -0.2) is 4.79 Å². The third-order valence-corrected chi connectivity index (χ3v) is 4.20. The van der Waals surface area contributed by atoms with Gasteiger partial charge in [0.2, 0.25) is 0 Å². The van der Waals surface area contributed by atoms with Crippen LogP contribution in [0, 0.1) is 0 Å². The highest BCUT2D eigenvalue weighted by Crippen LogP contribution is 2.22. The van der Waals surface area contributed by atoms with Crippen molar-refractivity contribution in [2.45, 2.75) is 25.7 Å². The number of carboxylic acid groups (broad SMARTS) is 1. The minimum Gasteiger partial charge on any atom is -0.478 e. The van der Waals surface area contributed by atoms with Gasteiger partial charge in [-0.15, -0.1) is 0 Å². The molecule has 0 aliphatic heterocycles. The Morgan fingerprint density at radius 3 is 2.38 bits per heavy atom. The Morgan fingerprint density at radius 1 is 0.958 bits per heavy atom. The van der Waals surface area contributed by atoms with Gasteiger partial charge in [-0.1, -0.05) is 18.2 Å². The minimum absolute atomic E-state index is 0.128. The van der Waals surface area contributed by atoms with E-state index >= 15 is 0 Å². The molecule has 0 unspecified atom stereocenters. The number of aliphatic carboxylic acids is 1. The summed E-state index contributed by atoms with van der Waals surface area (Å²) in [6.07, 6.45) is 7.15. The van der Waals surface area contributed by atoms with Crippen LogP contribution in [0.15, 0.2) is 48.5 Å². The summed E-state index contributed by atoms with van der Waals surface area (Å²) in [5.41, 5.74) is 4.76. The maximum Gasteiger partial charge on any atom is 0.328 e. The Hall–Kier alpha value is -2.88. The molecular formula is C20H19NO3. The maximum atomic E-state index is 12.4. The summed E-state index contributed by atoms with van der Waals surface area (Å²) < 4.78 is 0. The lowest BCUT2D eigenvalue weighted by Gasteiger charge is -2.16. The number of anilines is 1. The normalized spacial score (nSPS) is 13.5. The van der Waals surface area contributed by atoms with E-state index in [2.05, 4.69) is 11.4 Å². The molecule has 3 rings (SSSR count). The predicted molar refractivity (Wildman–Crippen MR) is 94.1 cm³/mol. The molecule has 4 heteroatoms. The molecule has 122 valence electrons. The molecule has 0 bridgehead atoms. The number of hydrogen-bond acceptors (Lipinski definition) is 2. The Kier molecular flexibility index (Phi) is 4.75. The molecule has 0 saturated carbocycles. The van der Waals surface area contributed by atoms with Gasteiger partial charge < -0.3 is 10.4 Å². The lowest BCUT2D eigenvalue weighted by atomic mass is 9.90. The van der Waals surface area contributed by atoms with Gasteiger partial charge in [-0.05, 0) is 72.7 Å². The molecule has 2 aromatic rings. The van der Waals surface area contributed by atoms with Crippen molar-refractivity contribution in [3.8, 4) is 0 Å². The van der Waals surface area contributed by atoms with Gasteiger partial charge in [0.1, 0.15) is 0 Å². The summed E-state index contributed by atoms with van der Waals surface area (Å²) in [6.45, 7) is 0. The molecule has 24 heavy (non-hydrogen) atoms. The number of aryl methyl sites for hydroxylation is 2. The van der Waals surface area contributed by atoms with Gasteiger partial charge in [-0.3, -0.25) is 4.79 Å². The van der Waals surface area contributed by atoms with Crippen molar-refractivity contribution in [2.75, 3.05) is 5.32 Å². The first-order valence-electron chi connectivity index (χ1n) is 8.06. The lowest BCUT2D eigenvalue weighted by Crippen LogP contribution is -2.13. The van der Waals surface area contributed by atoms with Crippen LogP contribution in [0.1, 0.15) is 39.9 Å². The van der Waals surface area contributed by atoms with Crippen LogP contribution in [0.2, 0.25) is 0 Å². The largest absolute Gasteiger partial charge is 0.478 e. The summed E-state index contributed by atoms with van der Waals surface area (Å²) in [6, 6.07) is 13.0. The van der Waals surface area contributed by atoms with Crippen molar-refractivity contribution in [3.63, 3.8) is 0 Å². The standard InChI is InChI=1S/C20H19NO3/c22-19(23)12-7-14-5-10-18(11-6-14)21-20(24)17-9-8-15-3-1-2-4-16(15)13-17/h5-13H,1-4H2,(H,21,24)(H,22,23)/b12-7+. The first kappa shape index (κ1) is 16.0. The zero-order valence-electron chi connectivity index (χ0n) is 13.3. The molecule has 0 radical (unpaired) electrons. The zero-order chi connectivity index (χ0) is 16.9. The van der Waals surface area contributed by atoms with Gasteiger partial charge in [0, 0.05) is 17.3 Å². The summed E-state index contributed by atoms with van der Waals surface area (Å²) in [4.78, 5) is 22.9. The van der Waals surface area contributed by atoms with Crippen LogP contribution in [0.25, 0.3) is 6.08 Å². The van der Waals surface area contributed by atoms with Gasteiger partial charge in [-0.2, -0.15) is 0 Å². The van der Waals surface area contributed by atoms with Crippen molar-refractivity contribution in [1.82, 2.24) is 0 Å². The van der Waals surface area contributed by atoms with E-state index in [0.29, 0.717) is 11.3 Å². The smallest absolute Gasteiger partial charge is 0.328 e. The van der Waals surface area contributed by atoms with Crippen LogP contribution in [0.3, 0.4) is 0 Å². The van der Waals surface area contributed by atoms with Gasteiger partial charge in [0.25, 0.3) is 5.91 Å². The summed E-state index contributed by atoms with van der Waals surface area (Å²) >= 11 is 0. The number of hydrogen-bond donors (Lipinski definition) is 2. The fraction of sp³-hybridized carbons (Fsp3) is 0.200. The number of fused-ring (bicyclic) bond motifs is 1. The Morgan fingerprint density at radius 2 is 1.67 bits per heavy atom. The van der Waals surface area contributed by atoms with E-state index in [1.54, 1.807) is 24.3 Å². The number of amides is 1. The van der Waals surface area contributed by atoms with E-state index in [1.807, 2.05) is 12.1 Å². The van der Waals surface area contributed by atoms with Crippen molar-refractivity contribution in [2.24, 2.45) is 0 Å². The Balaban J connectivity index is 1.69. The van der Waals surface area contributed by atoms with E-state index in [-0.39, 0.29) is 5.91 Å². The molecule has 0 aromatic heterocycles. The summed E-state index contributed by atoms with van der Waals surface area (Å²) in [5.74, 6) is -1.11. The first-order chi connectivity index (χ1) is 11.6. The highest BCUT2D eigenvalue weighted by molar-refractivity contribution is 6.04. The molecule has 4 nitrogen and oxygen atoms in total. The highest BCUT2D eigenvalue weighted by Gasteiger charge is 2.13. The minimum atomic E-state index is -0.986. The van der Waals surface area contributed by atoms with E-state index in [1.165, 1.54) is 30.0 Å². The van der Waals surface area contributed by atoms with E-state index in [9.17, 15) is 9.59 Å². The van der Waals surface area contributed by atoms with Crippen LogP contribution < -0.4 is 5.32 Å². The van der Waals surface area contributed by atoms with Crippen molar-refractivity contribution in [1.29, 1.82) is 0 Å². The quantitative estimate of drug-likeness (QED) is 0.839. The molecule has 0 atom stereocenters. The van der Waals surface area contributed by atoms with Gasteiger partial charge in [0.05, 0.1) is 0 Å². The molecule has 2 N–H and O–H groups in total. The average molecular weight is 321 g/mol. The van der Waals surface area contributed by atoms with Crippen LogP contribution in [-0.4, -0.2) is 17.0 Å². The zero-order valence-corrected chi connectivity index (χ0v) is 13.3. The lowest BCUT2D eigenvalue weighted by molar-refractivity contribution is -0.131. The number of carboxylic acids is 1. The molecule has 1 aliphatic rings. The van der Waals surface area contributed by atoms with Crippen LogP contribution in [0.5, 0.6) is 0 Å². The summed E-state index contributed by atoms with van der Waals surface area (Å²) in [5, 5.41) is 11.5. The third kappa shape index (κ3) is 3.90. The number of rotatable bonds is 4. The molecule has 0 fully saturated rings. The molecule has 0 heterocycles. The SMILES string of the molecule is O=C(O)/C=C/c1ccc(NC(=O)c2ccc3c(c2)CCCC3)cc1. The maximum absolute atomic E-state index is 12.4. The topological polar surface area (TPSA) is 66.4 Å². The molecule has 2 aromatic carbocycles. The van der Waals surface area contributed by atoms with E-state index < -0.39 is 5.97 Å². The first-order valence-corrected chi connectivity index (χ1v) is 8.06. The van der Waals surface area contributed by atoms with Gasteiger partial charge >= 0.3 is 5.97 Å². The van der Waals surface area contributed by atoms with Crippen LogP contribution >= 0.6 is 0 Å². The monoisotopic (exact) mass is 321 g/mol. The molecule has 0 spiro atoms. The number of benzene rings is 2. The molecule has 1 amide bonds. The van der Waals surface area contributed by atoms with Crippen LogP contribution in [0.4, 0.5) is 5.69 Å². The predicted octanol–water partition coefficient (Wildman–Crippen LogP) is 3.92. The van der Waals surface area contributed by atoms with Crippen molar-refractivity contribution >= 4 is 23.6 Å². The second-order valence-corrected chi connectivity index (χ2v) is 5.94. The highest BCUT2D eigenvalue weighted by atomic mass is 16.4. The Bertz CT molecular complexity index is 791. The number of nitrogens with one attached hydrogen (secondary N) is 1. The molecule has 0 saturated heterocycles. The number of carbonyl (C=O) groups excluding carboxylic acids is 1. The fourth-order valence-corrected chi connectivity index (χ4v) is 2.92. The fourth-order valence-electron chi connectivity index (χ4n) is 2.92. The van der Waals surface area contributed by atoms with Crippen molar-refractivity contribution < 1.29 is 14.7 Å². The second-order valence-electron chi connectivity index (χ2n) is 5.94. The van der Waals surface area contributed by atoms with Crippen LogP contribution in [-0.2, 0) is 17.6 Å². The Labute approximate surface area is 140 Å². The van der Waals surface area contributed by atoms with E-state index in [4.69, 9.17) is 5.11 Å². The number of carbonyl (C=O) groups is 2. The van der Waals surface area contributed by atoms with E-state index in [0.717, 1.165) is 24.5 Å². The second kappa shape index (κ2) is 7.13. The average Bonchev–Trinajstić information content (AvgIpc) is 2.60. The van der Waals surface area contributed by atoms with Gasteiger partial charge in [0.15, 0.2) is 0 Å². The molecule has 1 aliphatic carbocycles.